The second kappa shape index (κ2) is 9.33. The predicted octanol–water partition coefficient (Wildman–Crippen LogP) is 4.02. The van der Waals surface area contributed by atoms with Crippen LogP contribution in [-0.4, -0.2) is 17.9 Å². The van der Waals surface area contributed by atoms with Crippen LogP contribution < -0.4 is 15.4 Å². The lowest BCUT2D eigenvalue weighted by Crippen LogP contribution is -2.35. The van der Waals surface area contributed by atoms with Crippen LogP contribution in [0.5, 0.6) is 5.75 Å². The molecule has 2 amide bonds. The van der Waals surface area contributed by atoms with Crippen LogP contribution in [-0.2, 0) is 16.1 Å². The Kier molecular flexibility index (Phi) is 7.15. The SMILES string of the molecule is CCC(=O)Nc1ccc(CNC(=O)C(C)Oc2ccc(F)cc2Br)cc1. The normalized spacial score (nSPS) is 11.5. The summed E-state index contributed by atoms with van der Waals surface area (Å²) in [5.41, 5.74) is 1.60. The molecule has 0 radical (unpaired) electrons. The number of hydrogen-bond acceptors (Lipinski definition) is 3. The molecule has 0 aliphatic heterocycles. The van der Waals surface area contributed by atoms with Gasteiger partial charge in [0.2, 0.25) is 5.91 Å². The van der Waals surface area contributed by atoms with Gasteiger partial charge in [0.05, 0.1) is 4.47 Å². The van der Waals surface area contributed by atoms with E-state index < -0.39 is 6.10 Å². The number of hydrogen-bond donors (Lipinski definition) is 2. The Morgan fingerprint density at radius 1 is 1.19 bits per heavy atom. The predicted molar refractivity (Wildman–Crippen MR) is 101 cm³/mol. The molecule has 1 atom stereocenters. The molecule has 0 bridgehead atoms. The minimum atomic E-state index is -0.736. The van der Waals surface area contributed by atoms with E-state index in [0.717, 1.165) is 5.56 Å². The maximum Gasteiger partial charge on any atom is 0.261 e. The Morgan fingerprint density at radius 3 is 2.50 bits per heavy atom. The fourth-order valence-electron chi connectivity index (χ4n) is 2.10. The standard InChI is InChI=1S/C19H20BrFN2O3/c1-3-18(24)23-15-7-4-13(5-8-15)11-22-19(25)12(2)26-17-9-6-14(21)10-16(17)20/h4-10,12H,3,11H2,1-2H3,(H,22,25)(H,23,24). The Bertz CT molecular complexity index is 781. The van der Waals surface area contributed by atoms with Crippen molar-refractivity contribution in [2.75, 3.05) is 5.32 Å². The molecule has 2 aromatic carbocycles. The fourth-order valence-corrected chi connectivity index (χ4v) is 2.55. The molecule has 0 heterocycles. The Hall–Kier alpha value is -2.41. The van der Waals surface area contributed by atoms with Gasteiger partial charge in [-0.1, -0.05) is 19.1 Å². The number of carbonyl (C=O) groups excluding carboxylic acids is 2. The minimum Gasteiger partial charge on any atom is -0.480 e. The summed E-state index contributed by atoms with van der Waals surface area (Å²) in [4.78, 5) is 23.5. The van der Waals surface area contributed by atoms with Gasteiger partial charge in [0.25, 0.3) is 5.91 Å². The van der Waals surface area contributed by atoms with Gasteiger partial charge in [0, 0.05) is 18.7 Å². The number of rotatable bonds is 7. The largest absolute Gasteiger partial charge is 0.480 e. The van der Waals surface area contributed by atoms with Gasteiger partial charge in [0.15, 0.2) is 6.10 Å². The fraction of sp³-hybridized carbons (Fsp3) is 0.263. The van der Waals surface area contributed by atoms with Gasteiger partial charge in [-0.3, -0.25) is 9.59 Å². The molecule has 0 saturated carbocycles. The van der Waals surface area contributed by atoms with Gasteiger partial charge in [-0.05, 0) is 58.7 Å². The topological polar surface area (TPSA) is 67.4 Å². The molecule has 0 aromatic heterocycles. The van der Waals surface area contributed by atoms with E-state index in [2.05, 4.69) is 26.6 Å². The number of halogens is 2. The van der Waals surface area contributed by atoms with Crippen molar-refractivity contribution in [3.05, 3.63) is 58.3 Å². The summed E-state index contributed by atoms with van der Waals surface area (Å²) >= 11 is 3.20. The molecule has 1 unspecified atom stereocenters. The molecule has 0 spiro atoms. The van der Waals surface area contributed by atoms with Crippen molar-refractivity contribution in [2.45, 2.75) is 32.9 Å². The highest BCUT2D eigenvalue weighted by Gasteiger charge is 2.16. The Balaban J connectivity index is 1.86. The monoisotopic (exact) mass is 422 g/mol. The van der Waals surface area contributed by atoms with Gasteiger partial charge < -0.3 is 15.4 Å². The number of benzene rings is 2. The number of amides is 2. The Morgan fingerprint density at radius 2 is 1.88 bits per heavy atom. The van der Waals surface area contributed by atoms with Crippen LogP contribution >= 0.6 is 15.9 Å². The third-order valence-corrected chi connectivity index (χ3v) is 4.21. The summed E-state index contributed by atoms with van der Waals surface area (Å²) in [6.07, 6.45) is -0.320. The summed E-state index contributed by atoms with van der Waals surface area (Å²) in [6.45, 7) is 3.74. The van der Waals surface area contributed by atoms with Crippen LogP contribution in [0.25, 0.3) is 0 Å². The van der Waals surface area contributed by atoms with E-state index in [4.69, 9.17) is 4.74 Å². The molecule has 0 aliphatic rings. The zero-order valence-electron chi connectivity index (χ0n) is 14.5. The van der Waals surface area contributed by atoms with Gasteiger partial charge in [-0.15, -0.1) is 0 Å². The number of anilines is 1. The summed E-state index contributed by atoms with van der Waals surface area (Å²) in [5, 5.41) is 5.54. The first-order valence-corrected chi connectivity index (χ1v) is 8.96. The first kappa shape index (κ1) is 19.9. The van der Waals surface area contributed by atoms with Gasteiger partial charge in [0.1, 0.15) is 11.6 Å². The van der Waals surface area contributed by atoms with Crippen LogP contribution in [0.4, 0.5) is 10.1 Å². The van der Waals surface area contributed by atoms with Crippen LogP contribution in [0.2, 0.25) is 0 Å². The number of ether oxygens (including phenoxy) is 1. The Labute approximate surface area is 160 Å². The second-order valence-electron chi connectivity index (χ2n) is 5.65. The molecular formula is C19H20BrFN2O3. The van der Waals surface area contributed by atoms with Crippen molar-refractivity contribution in [2.24, 2.45) is 0 Å². The van der Waals surface area contributed by atoms with Gasteiger partial charge in [-0.2, -0.15) is 0 Å². The lowest BCUT2D eigenvalue weighted by atomic mass is 10.2. The zero-order chi connectivity index (χ0) is 19.1. The molecule has 0 saturated heterocycles. The highest BCUT2D eigenvalue weighted by molar-refractivity contribution is 9.10. The molecule has 2 rings (SSSR count). The van der Waals surface area contributed by atoms with Crippen molar-refractivity contribution < 1.29 is 18.7 Å². The third kappa shape index (κ3) is 5.84. The molecule has 2 N–H and O–H groups in total. The summed E-state index contributed by atoms with van der Waals surface area (Å²) in [7, 11) is 0. The minimum absolute atomic E-state index is 0.0519. The molecule has 5 nitrogen and oxygen atoms in total. The average molecular weight is 423 g/mol. The molecule has 0 aliphatic carbocycles. The number of carbonyl (C=O) groups is 2. The van der Waals surface area contributed by atoms with Crippen LogP contribution in [0.1, 0.15) is 25.8 Å². The average Bonchev–Trinajstić information content (AvgIpc) is 2.63. The maximum atomic E-state index is 13.1. The molecule has 7 heteroatoms. The van der Waals surface area contributed by atoms with E-state index in [1.807, 2.05) is 12.1 Å². The van der Waals surface area contributed by atoms with Crippen LogP contribution in [0, 0.1) is 5.82 Å². The maximum absolute atomic E-state index is 13.1. The van der Waals surface area contributed by atoms with Gasteiger partial charge >= 0.3 is 0 Å². The lowest BCUT2D eigenvalue weighted by Gasteiger charge is -2.16. The highest BCUT2D eigenvalue weighted by atomic mass is 79.9. The van der Waals surface area contributed by atoms with Crippen molar-refractivity contribution in [1.29, 1.82) is 0 Å². The molecule has 138 valence electrons. The summed E-state index contributed by atoms with van der Waals surface area (Å²) in [5.74, 6) is -0.335. The van der Waals surface area contributed by atoms with E-state index >= 15 is 0 Å². The van der Waals surface area contributed by atoms with E-state index in [9.17, 15) is 14.0 Å². The second-order valence-corrected chi connectivity index (χ2v) is 6.51. The smallest absolute Gasteiger partial charge is 0.261 e. The third-order valence-electron chi connectivity index (χ3n) is 3.59. The van der Waals surface area contributed by atoms with Gasteiger partial charge in [-0.25, -0.2) is 4.39 Å². The zero-order valence-corrected chi connectivity index (χ0v) is 16.1. The molecule has 26 heavy (non-hydrogen) atoms. The van der Waals surface area contributed by atoms with Crippen molar-refractivity contribution in [3.63, 3.8) is 0 Å². The highest BCUT2D eigenvalue weighted by Crippen LogP contribution is 2.26. The van der Waals surface area contributed by atoms with Crippen molar-refractivity contribution in [3.8, 4) is 5.75 Å². The van der Waals surface area contributed by atoms with Crippen LogP contribution in [0.3, 0.4) is 0 Å². The van der Waals surface area contributed by atoms with E-state index in [-0.39, 0.29) is 17.6 Å². The molecular weight excluding hydrogens is 403 g/mol. The van der Waals surface area contributed by atoms with E-state index in [1.54, 1.807) is 26.0 Å². The summed E-state index contributed by atoms with van der Waals surface area (Å²) in [6, 6.07) is 11.2. The quantitative estimate of drug-likeness (QED) is 0.707. The van der Waals surface area contributed by atoms with E-state index in [0.29, 0.717) is 28.9 Å². The lowest BCUT2D eigenvalue weighted by molar-refractivity contribution is -0.127. The number of nitrogens with one attached hydrogen (secondary N) is 2. The van der Waals surface area contributed by atoms with E-state index in [1.165, 1.54) is 18.2 Å². The first-order valence-electron chi connectivity index (χ1n) is 8.17. The van der Waals surface area contributed by atoms with Crippen LogP contribution in [0.15, 0.2) is 46.9 Å². The summed E-state index contributed by atoms with van der Waals surface area (Å²) < 4.78 is 19.1. The molecule has 0 fully saturated rings. The van der Waals surface area contributed by atoms with Crippen molar-refractivity contribution in [1.82, 2.24) is 5.32 Å². The molecule has 2 aromatic rings. The first-order chi connectivity index (χ1) is 12.4. The van der Waals surface area contributed by atoms with Crippen molar-refractivity contribution >= 4 is 33.4 Å².